The Morgan fingerprint density at radius 3 is 2.32 bits per heavy atom. The van der Waals surface area contributed by atoms with E-state index in [2.05, 4.69) is 110 Å². The van der Waals surface area contributed by atoms with Crippen LogP contribution in [-0.4, -0.2) is 22.6 Å². The summed E-state index contributed by atoms with van der Waals surface area (Å²) in [4.78, 5) is 9.68. The van der Waals surface area contributed by atoms with Crippen LogP contribution >= 0.6 is 0 Å². The van der Waals surface area contributed by atoms with Crippen LogP contribution < -0.4 is 5.19 Å². The molecule has 1 radical (unpaired) electrons. The van der Waals surface area contributed by atoms with Crippen molar-refractivity contribution >= 4 is 46.0 Å². The van der Waals surface area contributed by atoms with Gasteiger partial charge in [-0.1, -0.05) is 142 Å². The van der Waals surface area contributed by atoms with Crippen LogP contribution in [-0.2, 0) is 32.9 Å². The third-order valence-corrected chi connectivity index (χ3v) is 11.2. The van der Waals surface area contributed by atoms with Crippen LogP contribution in [0.25, 0.3) is 61.1 Å². The maximum absolute atomic E-state index is 8.59. The summed E-state index contributed by atoms with van der Waals surface area (Å²) in [6.45, 7) is 15.5. The molecule has 0 unspecified atom stereocenters. The molecule has 3 aromatic heterocycles. The number of rotatable bonds is 8. The minimum absolute atomic E-state index is 0. The molecule has 0 N–H and O–H groups in total. The number of pyridine rings is 1. The Bertz CT molecular complexity index is 2560. The molecule has 0 spiro atoms. The number of nitrogens with zero attached hydrogens (tertiary/aromatic N) is 3. The van der Waals surface area contributed by atoms with Crippen LogP contribution in [0, 0.1) is 24.2 Å². The van der Waals surface area contributed by atoms with Gasteiger partial charge in [-0.05, 0) is 59.1 Å². The van der Waals surface area contributed by atoms with Gasteiger partial charge >= 0.3 is 0 Å². The average molecular weight is 892 g/mol. The number of hydrogen-bond donors (Lipinski definition) is 0. The van der Waals surface area contributed by atoms with E-state index in [1.807, 2.05) is 74.5 Å². The number of benzene rings is 5. The molecule has 8 aromatic rings. The molecule has 0 bridgehead atoms. The quantitative estimate of drug-likeness (QED) is 0.113. The molecule has 5 aromatic carbocycles. The molecular weight excluding hydrogens is 843 g/mol. The molecule has 3 heterocycles. The number of para-hydroxylation sites is 2. The van der Waals surface area contributed by atoms with Crippen LogP contribution in [0.1, 0.15) is 41.6 Å². The van der Waals surface area contributed by atoms with Crippen LogP contribution in [0.2, 0.25) is 19.6 Å². The van der Waals surface area contributed by atoms with Crippen LogP contribution in [0.4, 0.5) is 0 Å². The van der Waals surface area contributed by atoms with Gasteiger partial charge in [0.1, 0.15) is 0 Å². The smallest absolute Gasteiger partial charge is 0.0798 e. The Hall–Kier alpha value is -4.61. The van der Waals surface area contributed by atoms with E-state index in [1.54, 1.807) is 6.07 Å². The second kappa shape index (κ2) is 16.2. The molecule has 4 nitrogen and oxygen atoms in total. The molecule has 53 heavy (non-hydrogen) atoms. The zero-order chi connectivity index (χ0) is 38.2. The first kappa shape index (κ1) is 35.4. The molecule has 0 aliphatic carbocycles. The van der Waals surface area contributed by atoms with E-state index < -0.39 is 14.4 Å². The minimum Gasteiger partial charge on any atom is -0.557 e. The average Bonchev–Trinajstić information content (AvgIpc) is 3.75. The van der Waals surface area contributed by atoms with Crippen molar-refractivity contribution in [1.29, 1.82) is 0 Å². The van der Waals surface area contributed by atoms with E-state index in [1.165, 1.54) is 10.8 Å². The van der Waals surface area contributed by atoms with Crippen molar-refractivity contribution in [2.45, 2.75) is 60.1 Å². The predicted octanol–water partition coefficient (Wildman–Crippen LogP) is 11.9. The van der Waals surface area contributed by atoms with Gasteiger partial charge in [0.2, 0.25) is 0 Å². The van der Waals surface area contributed by atoms with Crippen molar-refractivity contribution in [1.82, 2.24) is 14.5 Å². The third-order valence-electron chi connectivity index (χ3n) is 9.17. The molecule has 0 saturated heterocycles. The number of aromatic nitrogens is 3. The van der Waals surface area contributed by atoms with Crippen LogP contribution in [0.3, 0.4) is 0 Å². The first-order chi connectivity index (χ1) is 25.8. The van der Waals surface area contributed by atoms with Crippen molar-refractivity contribution in [2.24, 2.45) is 11.8 Å². The van der Waals surface area contributed by atoms with Gasteiger partial charge in [-0.3, -0.25) is 4.98 Å². The summed E-state index contributed by atoms with van der Waals surface area (Å²) in [7, 11) is -1.34. The fourth-order valence-corrected chi connectivity index (χ4v) is 8.48. The Balaban J connectivity index is 0.000000211. The summed E-state index contributed by atoms with van der Waals surface area (Å²) < 4.78 is 25.1. The number of furan rings is 1. The molecule has 0 aliphatic rings. The van der Waals surface area contributed by atoms with Crippen LogP contribution in [0.15, 0.2) is 126 Å². The molecule has 0 aliphatic heterocycles. The maximum Gasteiger partial charge on any atom is 0.0798 e. The predicted molar refractivity (Wildman–Crippen MR) is 221 cm³/mol. The van der Waals surface area contributed by atoms with Gasteiger partial charge in [-0.25, -0.2) is 0 Å². The second-order valence-corrected chi connectivity index (χ2v) is 20.2. The molecule has 8 rings (SSSR count). The molecular formula is C47H47IrN3OSi-2. The molecule has 0 fully saturated rings. The maximum atomic E-state index is 8.59. The second-order valence-electron chi connectivity index (χ2n) is 15.2. The van der Waals surface area contributed by atoms with Gasteiger partial charge in [0.25, 0.3) is 0 Å². The first-order valence-electron chi connectivity index (χ1n) is 19.2. The van der Waals surface area contributed by atoms with E-state index in [9.17, 15) is 0 Å². The monoisotopic (exact) mass is 892 g/mol. The fourth-order valence-electron chi connectivity index (χ4n) is 6.89. The summed E-state index contributed by atoms with van der Waals surface area (Å²) in [6.07, 6.45) is 4.85. The molecule has 271 valence electrons. The number of imidazole rings is 1. The van der Waals surface area contributed by atoms with Crippen molar-refractivity contribution in [2.75, 3.05) is 0 Å². The molecule has 0 amide bonds. The summed E-state index contributed by atoms with van der Waals surface area (Å²) in [5.41, 5.74) is 8.50. The number of fused-ring (bicyclic) bond motifs is 3. The Labute approximate surface area is 331 Å². The van der Waals surface area contributed by atoms with E-state index in [0.717, 1.165) is 61.9 Å². The Morgan fingerprint density at radius 1 is 0.811 bits per heavy atom. The van der Waals surface area contributed by atoms with Gasteiger partial charge in [-0.2, -0.15) is 0 Å². The standard InChI is InChI=1S/C29H23N2O.C18H24NSi.Ir/c1-19(2)16-20-14-15-28-23(17-20)24(18-32-28)29-30-25-11-5-6-12-27(25)31(29)26-13-7-9-21-8-3-4-10-22(21)26;1-14(2)11-16-12-17(15-9-7-6-8-10-15)19-13-18(16)20(3,4)5;/h3-15,17,19H,16H2,1-2H3;6-9,12-14H,11H2,1-5H3;/q2*-1;/i16D2;;. The molecule has 6 heteroatoms. The molecule has 0 atom stereocenters. The Morgan fingerprint density at radius 2 is 1.57 bits per heavy atom. The third kappa shape index (κ3) is 8.31. The van der Waals surface area contributed by atoms with Crippen molar-refractivity contribution < 1.29 is 27.3 Å². The number of hydrogen-bond acceptors (Lipinski definition) is 3. The summed E-state index contributed by atoms with van der Waals surface area (Å²) >= 11 is 0. The van der Waals surface area contributed by atoms with Crippen LogP contribution in [0.5, 0.6) is 0 Å². The van der Waals surface area contributed by atoms with Gasteiger partial charge in [0.15, 0.2) is 0 Å². The van der Waals surface area contributed by atoms with Crippen molar-refractivity contribution in [3.63, 3.8) is 0 Å². The minimum atomic E-state index is -1.46. The zero-order valence-corrected chi connectivity index (χ0v) is 34.9. The normalized spacial score (nSPS) is 12.5. The van der Waals surface area contributed by atoms with E-state index in [4.69, 9.17) is 12.1 Å². The van der Waals surface area contributed by atoms with Gasteiger partial charge in [0.05, 0.1) is 24.9 Å². The first-order valence-corrected chi connectivity index (χ1v) is 21.7. The van der Waals surface area contributed by atoms with Crippen molar-refractivity contribution in [3.05, 3.63) is 145 Å². The van der Waals surface area contributed by atoms with Crippen molar-refractivity contribution in [3.8, 4) is 28.3 Å². The summed E-state index contributed by atoms with van der Waals surface area (Å²) in [5, 5.41) is 4.57. The Kier molecular flexibility index (Phi) is 10.8. The SMILES string of the molecule is CC(C)Cc1cc(-c2[c-]cccc2)ncc1[Si](C)(C)C.[2H]C([2H])(c1ccc2o[c-]c(-c3nc4ccccc4n3-c3cccc4ccccc34)c2c1)C(C)C.[Ir]. The van der Waals surface area contributed by atoms with Gasteiger partial charge in [-0.15, -0.1) is 35.9 Å². The fraction of sp³-hybridized carbons (Fsp3) is 0.234. The zero-order valence-electron chi connectivity index (χ0n) is 33.5. The van der Waals surface area contributed by atoms with E-state index >= 15 is 0 Å². The van der Waals surface area contributed by atoms with E-state index in [0.29, 0.717) is 17.1 Å². The summed E-state index contributed by atoms with van der Waals surface area (Å²) in [6, 6.07) is 41.8. The largest absolute Gasteiger partial charge is 0.557 e. The van der Waals surface area contributed by atoms with E-state index in [-0.39, 0.29) is 26.0 Å². The topological polar surface area (TPSA) is 43.9 Å². The molecule has 0 saturated carbocycles. The summed E-state index contributed by atoms with van der Waals surface area (Å²) in [5.74, 6) is 1.23. The van der Waals surface area contributed by atoms with Gasteiger partial charge in [0, 0.05) is 52.0 Å². The van der Waals surface area contributed by atoms with Gasteiger partial charge < -0.3 is 14.0 Å².